The Balaban J connectivity index is 1.78. The van der Waals surface area contributed by atoms with Gasteiger partial charge in [0.25, 0.3) is 0 Å². The second-order valence-electron chi connectivity index (χ2n) is 8.28. The molecule has 1 aliphatic carbocycles. The topological polar surface area (TPSA) is 40.5 Å². The van der Waals surface area contributed by atoms with E-state index in [9.17, 15) is 9.90 Å². The molecule has 5 heteroatoms. The van der Waals surface area contributed by atoms with Gasteiger partial charge in [0.2, 0.25) is 0 Å². The Hall–Kier alpha value is -1.56. The van der Waals surface area contributed by atoms with Crippen LogP contribution in [0.15, 0.2) is 42.0 Å². The third kappa shape index (κ3) is 4.47. The molecular weight excluding hydrogens is 398 g/mol. The molecule has 0 radical (unpaired) electrons. The van der Waals surface area contributed by atoms with Gasteiger partial charge in [-0.25, -0.2) is 9.10 Å². The lowest BCUT2D eigenvalue weighted by molar-refractivity contribution is 0.0702. The number of carboxylic acid groups (broad SMARTS) is 1. The van der Waals surface area contributed by atoms with E-state index in [1.807, 2.05) is 30.1 Å². The van der Waals surface area contributed by atoms with Crippen LogP contribution in [-0.2, 0) is 0 Å². The molecular formula is C24H29NO2S2. The Morgan fingerprint density at radius 1 is 1.17 bits per heavy atom. The molecule has 2 aliphatic rings. The highest BCUT2D eigenvalue weighted by atomic mass is 32.2. The zero-order valence-electron chi connectivity index (χ0n) is 17.2. The Morgan fingerprint density at radius 2 is 1.90 bits per heavy atom. The fourth-order valence-corrected chi connectivity index (χ4v) is 6.30. The van der Waals surface area contributed by atoms with Crippen LogP contribution in [0.2, 0.25) is 0 Å². The highest BCUT2D eigenvalue weighted by Crippen LogP contribution is 2.44. The molecule has 4 rings (SSSR count). The van der Waals surface area contributed by atoms with E-state index in [4.69, 9.17) is 0 Å². The number of nitrogens with zero attached hydrogens (tertiary/aromatic N) is 1. The summed E-state index contributed by atoms with van der Waals surface area (Å²) in [5.41, 5.74) is 4.88. The summed E-state index contributed by atoms with van der Waals surface area (Å²) in [4.78, 5) is 13.7. The number of benzene rings is 1. The van der Waals surface area contributed by atoms with E-state index in [1.54, 1.807) is 0 Å². The van der Waals surface area contributed by atoms with E-state index >= 15 is 0 Å². The summed E-state index contributed by atoms with van der Waals surface area (Å²) in [6, 6.07) is 12.3. The Labute approximate surface area is 182 Å². The van der Waals surface area contributed by atoms with Gasteiger partial charge in [-0.15, -0.1) is 11.3 Å². The van der Waals surface area contributed by atoms with Gasteiger partial charge < -0.3 is 5.11 Å². The summed E-state index contributed by atoms with van der Waals surface area (Å²) in [5.74, 6) is 0.609. The summed E-state index contributed by atoms with van der Waals surface area (Å²) in [7, 11) is 0. The molecule has 2 heterocycles. The fourth-order valence-electron chi connectivity index (χ4n) is 4.73. The van der Waals surface area contributed by atoms with Crippen LogP contribution in [0.4, 0.5) is 0 Å². The van der Waals surface area contributed by atoms with Crippen molar-refractivity contribution in [2.24, 2.45) is 11.8 Å². The lowest BCUT2D eigenvalue weighted by atomic mass is 9.75. The molecule has 0 bridgehead atoms. The molecule has 29 heavy (non-hydrogen) atoms. The highest BCUT2D eigenvalue weighted by Gasteiger charge is 2.31. The van der Waals surface area contributed by atoms with Crippen molar-refractivity contribution in [2.45, 2.75) is 39.0 Å². The number of rotatable bonds is 5. The van der Waals surface area contributed by atoms with Crippen LogP contribution in [0.3, 0.4) is 0 Å². The standard InChI is InChI=1S/C24H29NO2S2/c1-16-8-10-17(11-9-16)21-15-25(28-2)13-12-19(21)20-14-22(29-23(20)24(26)27)18-6-4-3-5-7-18/h3-7,14,16-17H,8-13,15H2,1-2H3,(H,26,27). The first-order valence-electron chi connectivity index (χ1n) is 10.5. The number of carboxylic acids is 1. The van der Waals surface area contributed by atoms with Crippen LogP contribution < -0.4 is 0 Å². The van der Waals surface area contributed by atoms with Gasteiger partial charge in [-0.1, -0.05) is 62.0 Å². The van der Waals surface area contributed by atoms with Gasteiger partial charge in [0.05, 0.1) is 0 Å². The molecule has 0 saturated heterocycles. The second-order valence-corrected chi connectivity index (χ2v) is 10.2. The number of hydrogen-bond acceptors (Lipinski definition) is 4. The molecule has 1 saturated carbocycles. The van der Waals surface area contributed by atoms with Gasteiger partial charge in [-0.2, -0.15) is 0 Å². The van der Waals surface area contributed by atoms with E-state index in [2.05, 4.69) is 35.7 Å². The summed E-state index contributed by atoms with van der Waals surface area (Å²) in [6.45, 7) is 4.30. The molecule has 1 aromatic heterocycles. The molecule has 1 aliphatic heterocycles. The minimum absolute atomic E-state index is 0.498. The van der Waals surface area contributed by atoms with E-state index in [0.29, 0.717) is 10.8 Å². The van der Waals surface area contributed by atoms with Crippen molar-refractivity contribution in [3.63, 3.8) is 0 Å². The zero-order valence-corrected chi connectivity index (χ0v) is 18.8. The number of aromatic carboxylic acids is 1. The van der Waals surface area contributed by atoms with Crippen molar-refractivity contribution in [3.8, 4) is 10.4 Å². The first-order valence-corrected chi connectivity index (χ1v) is 12.5. The predicted molar refractivity (Wildman–Crippen MR) is 124 cm³/mol. The van der Waals surface area contributed by atoms with Crippen molar-refractivity contribution < 1.29 is 9.90 Å². The second kappa shape index (κ2) is 9.07. The summed E-state index contributed by atoms with van der Waals surface area (Å²) < 4.78 is 2.43. The first-order chi connectivity index (χ1) is 14.1. The summed E-state index contributed by atoms with van der Waals surface area (Å²) >= 11 is 3.23. The van der Waals surface area contributed by atoms with Crippen LogP contribution in [-0.4, -0.2) is 34.7 Å². The molecule has 1 N–H and O–H groups in total. The molecule has 1 aromatic carbocycles. The molecule has 1 fully saturated rings. The first kappa shape index (κ1) is 20.7. The third-order valence-electron chi connectivity index (χ3n) is 6.42. The average molecular weight is 428 g/mol. The van der Waals surface area contributed by atoms with E-state index < -0.39 is 5.97 Å². The molecule has 2 aromatic rings. The van der Waals surface area contributed by atoms with Crippen molar-refractivity contribution in [2.75, 3.05) is 19.3 Å². The quantitative estimate of drug-likeness (QED) is 0.541. The minimum atomic E-state index is -0.802. The van der Waals surface area contributed by atoms with Gasteiger partial charge in [0.1, 0.15) is 4.88 Å². The molecule has 0 amide bonds. The lowest BCUT2D eigenvalue weighted by Gasteiger charge is -2.36. The van der Waals surface area contributed by atoms with E-state index in [1.165, 1.54) is 48.2 Å². The molecule has 0 atom stereocenters. The monoisotopic (exact) mass is 427 g/mol. The van der Waals surface area contributed by atoms with Gasteiger partial charge in [-0.3, -0.25) is 0 Å². The van der Waals surface area contributed by atoms with Gasteiger partial charge in [0, 0.05) is 23.5 Å². The maximum absolute atomic E-state index is 12.1. The van der Waals surface area contributed by atoms with Crippen LogP contribution in [0, 0.1) is 11.8 Å². The minimum Gasteiger partial charge on any atom is -0.477 e. The molecule has 0 spiro atoms. The normalized spacial score (nSPS) is 23.4. The fraction of sp³-hybridized carbons (Fsp3) is 0.458. The zero-order chi connectivity index (χ0) is 20.4. The van der Waals surface area contributed by atoms with Gasteiger partial charge in [0.15, 0.2) is 0 Å². The van der Waals surface area contributed by atoms with Crippen LogP contribution >= 0.6 is 23.3 Å². The van der Waals surface area contributed by atoms with E-state index in [-0.39, 0.29) is 0 Å². The maximum Gasteiger partial charge on any atom is 0.346 e. The van der Waals surface area contributed by atoms with Crippen molar-refractivity contribution >= 4 is 34.8 Å². The van der Waals surface area contributed by atoms with Crippen LogP contribution in [0.25, 0.3) is 16.0 Å². The maximum atomic E-state index is 12.1. The third-order valence-corrected chi connectivity index (χ3v) is 8.42. The molecule has 0 unspecified atom stereocenters. The molecule has 3 nitrogen and oxygen atoms in total. The molecule has 154 valence electrons. The average Bonchev–Trinajstić information content (AvgIpc) is 3.20. The lowest BCUT2D eigenvalue weighted by Crippen LogP contribution is -2.30. The van der Waals surface area contributed by atoms with E-state index in [0.717, 1.165) is 41.4 Å². The number of hydrogen-bond donors (Lipinski definition) is 1. The van der Waals surface area contributed by atoms with Crippen molar-refractivity contribution in [1.82, 2.24) is 4.31 Å². The van der Waals surface area contributed by atoms with Gasteiger partial charge >= 0.3 is 5.97 Å². The largest absolute Gasteiger partial charge is 0.477 e. The summed E-state index contributed by atoms with van der Waals surface area (Å²) in [5, 5.41) is 9.96. The summed E-state index contributed by atoms with van der Waals surface area (Å²) in [6.07, 6.45) is 8.12. The Kier molecular flexibility index (Phi) is 6.47. The van der Waals surface area contributed by atoms with Crippen LogP contribution in [0.5, 0.6) is 0 Å². The van der Waals surface area contributed by atoms with Crippen molar-refractivity contribution in [3.05, 3.63) is 52.4 Å². The predicted octanol–water partition coefficient (Wildman–Crippen LogP) is 6.68. The Bertz CT molecular complexity index is 895. The van der Waals surface area contributed by atoms with Crippen LogP contribution in [0.1, 0.15) is 54.3 Å². The number of thiophene rings is 1. The Morgan fingerprint density at radius 3 is 2.55 bits per heavy atom. The van der Waals surface area contributed by atoms with Gasteiger partial charge in [-0.05, 0) is 60.1 Å². The SMILES string of the molecule is CSN1CCC(c2cc(-c3ccccc3)sc2C(=O)O)=C(C2CCC(C)CC2)C1. The smallest absolute Gasteiger partial charge is 0.346 e. The highest BCUT2D eigenvalue weighted by molar-refractivity contribution is 7.96. The van der Waals surface area contributed by atoms with Crippen molar-refractivity contribution in [1.29, 1.82) is 0 Å². The number of carbonyl (C=O) groups is 1.